The van der Waals surface area contributed by atoms with E-state index in [0.29, 0.717) is 12.0 Å². The number of halogens is 1. The first-order valence-corrected chi connectivity index (χ1v) is 5.31. The Morgan fingerprint density at radius 1 is 1.33 bits per heavy atom. The molecule has 0 aliphatic carbocycles. The fourth-order valence-electron chi connectivity index (χ4n) is 1.29. The molecule has 0 unspecified atom stereocenters. The second-order valence-electron chi connectivity index (χ2n) is 3.21. The Hall–Kier alpha value is -1.42. The molecule has 1 aromatic carbocycles. The first-order chi connectivity index (χ1) is 7.25. The van der Waals surface area contributed by atoms with E-state index in [1.54, 1.807) is 12.4 Å². The van der Waals surface area contributed by atoms with Crippen LogP contribution in [0.5, 0.6) is 0 Å². The van der Waals surface area contributed by atoms with Crippen molar-refractivity contribution >= 4 is 21.7 Å². The molecule has 0 spiro atoms. The van der Waals surface area contributed by atoms with Gasteiger partial charge in [0.25, 0.3) is 0 Å². The van der Waals surface area contributed by atoms with Crippen LogP contribution in [-0.4, -0.2) is 16.0 Å². The highest BCUT2D eigenvalue weighted by Gasteiger charge is 2.07. The molecule has 0 aliphatic rings. The number of hydrogen-bond donors (Lipinski definition) is 1. The summed E-state index contributed by atoms with van der Waals surface area (Å²) in [5.74, 6) is 0.0751. The molecule has 3 nitrogen and oxygen atoms in total. The molecular weight excluding hydrogens is 256 g/mol. The molecule has 76 valence electrons. The molecule has 0 fully saturated rings. The van der Waals surface area contributed by atoms with Gasteiger partial charge in [-0.2, -0.15) is 5.10 Å². The van der Waals surface area contributed by atoms with E-state index in [9.17, 15) is 4.79 Å². The Bertz CT molecular complexity index is 448. The van der Waals surface area contributed by atoms with E-state index < -0.39 is 0 Å². The van der Waals surface area contributed by atoms with Gasteiger partial charge >= 0.3 is 0 Å². The van der Waals surface area contributed by atoms with Gasteiger partial charge < -0.3 is 0 Å². The summed E-state index contributed by atoms with van der Waals surface area (Å²) < 4.78 is 1.02. The lowest BCUT2D eigenvalue weighted by Gasteiger charge is -1.98. The smallest absolute Gasteiger partial charge is 0.170 e. The molecule has 0 atom stereocenters. The van der Waals surface area contributed by atoms with Crippen molar-refractivity contribution < 1.29 is 4.79 Å². The summed E-state index contributed by atoms with van der Waals surface area (Å²) in [6.45, 7) is 0. The monoisotopic (exact) mass is 264 g/mol. The first kappa shape index (κ1) is 10.1. The average molecular weight is 265 g/mol. The molecule has 0 aliphatic heterocycles. The van der Waals surface area contributed by atoms with Gasteiger partial charge in [0.1, 0.15) is 0 Å². The van der Waals surface area contributed by atoms with Gasteiger partial charge in [-0.05, 0) is 17.7 Å². The highest BCUT2D eigenvalue weighted by atomic mass is 79.9. The summed E-state index contributed by atoms with van der Waals surface area (Å²) in [5, 5.41) is 6.37. The van der Waals surface area contributed by atoms with Crippen LogP contribution in [-0.2, 0) is 6.42 Å². The SMILES string of the molecule is O=C(Cc1ccc(Br)cc1)c1cn[nH]c1. The van der Waals surface area contributed by atoms with Crippen LogP contribution in [0.2, 0.25) is 0 Å². The number of benzene rings is 1. The number of aromatic amines is 1. The molecule has 0 radical (unpaired) electrons. The number of H-pyrrole nitrogens is 1. The first-order valence-electron chi connectivity index (χ1n) is 4.52. The van der Waals surface area contributed by atoms with E-state index >= 15 is 0 Å². The predicted molar refractivity (Wildman–Crippen MR) is 60.8 cm³/mol. The average Bonchev–Trinajstić information content (AvgIpc) is 2.74. The zero-order chi connectivity index (χ0) is 10.7. The van der Waals surface area contributed by atoms with Crippen LogP contribution < -0.4 is 0 Å². The zero-order valence-corrected chi connectivity index (χ0v) is 9.49. The van der Waals surface area contributed by atoms with Crippen LogP contribution in [0.1, 0.15) is 15.9 Å². The van der Waals surface area contributed by atoms with Crippen LogP contribution in [0.4, 0.5) is 0 Å². The molecule has 1 aromatic heterocycles. The quantitative estimate of drug-likeness (QED) is 0.867. The Kier molecular flexibility index (Phi) is 2.97. The molecule has 1 N–H and O–H groups in total. The highest BCUT2D eigenvalue weighted by molar-refractivity contribution is 9.10. The second kappa shape index (κ2) is 4.40. The molecule has 2 aromatic rings. The second-order valence-corrected chi connectivity index (χ2v) is 4.13. The molecule has 15 heavy (non-hydrogen) atoms. The van der Waals surface area contributed by atoms with Gasteiger partial charge in [0.2, 0.25) is 0 Å². The highest BCUT2D eigenvalue weighted by Crippen LogP contribution is 2.12. The Morgan fingerprint density at radius 2 is 2.07 bits per heavy atom. The van der Waals surface area contributed by atoms with Crippen LogP contribution in [0.15, 0.2) is 41.1 Å². The van der Waals surface area contributed by atoms with Crippen molar-refractivity contribution in [2.45, 2.75) is 6.42 Å². The summed E-state index contributed by atoms with van der Waals surface area (Å²) >= 11 is 3.35. The summed E-state index contributed by atoms with van der Waals surface area (Å²) in [6, 6.07) is 7.72. The third-order valence-electron chi connectivity index (χ3n) is 2.10. The van der Waals surface area contributed by atoms with E-state index in [1.807, 2.05) is 24.3 Å². The van der Waals surface area contributed by atoms with Gasteiger partial charge in [-0.1, -0.05) is 28.1 Å². The number of aromatic nitrogens is 2. The molecule has 0 saturated carbocycles. The van der Waals surface area contributed by atoms with Gasteiger partial charge in [-0.3, -0.25) is 9.89 Å². The third-order valence-corrected chi connectivity index (χ3v) is 2.63. The van der Waals surface area contributed by atoms with E-state index in [0.717, 1.165) is 10.0 Å². The maximum Gasteiger partial charge on any atom is 0.170 e. The summed E-state index contributed by atoms with van der Waals surface area (Å²) in [5.41, 5.74) is 1.63. The molecule has 1 heterocycles. The number of Topliss-reactive ketones (excluding diaryl/α,β-unsaturated/α-hetero) is 1. The Labute approximate surface area is 95.6 Å². The Balaban J connectivity index is 2.09. The van der Waals surface area contributed by atoms with Gasteiger partial charge in [-0.15, -0.1) is 0 Å². The number of nitrogens with one attached hydrogen (secondary N) is 1. The van der Waals surface area contributed by atoms with Crippen LogP contribution in [0.3, 0.4) is 0 Å². The fraction of sp³-hybridized carbons (Fsp3) is 0.0909. The molecule has 2 rings (SSSR count). The van der Waals surface area contributed by atoms with Gasteiger partial charge in [0, 0.05) is 17.1 Å². The number of hydrogen-bond acceptors (Lipinski definition) is 2. The number of carbonyl (C=O) groups is 1. The van der Waals surface area contributed by atoms with Gasteiger partial charge in [-0.25, -0.2) is 0 Å². The van der Waals surface area contributed by atoms with Crippen molar-refractivity contribution in [1.29, 1.82) is 0 Å². The lowest BCUT2D eigenvalue weighted by Crippen LogP contribution is -2.01. The molecule has 0 bridgehead atoms. The number of rotatable bonds is 3. The molecule has 0 amide bonds. The molecule has 0 saturated heterocycles. The summed E-state index contributed by atoms with van der Waals surface area (Å²) in [7, 11) is 0. The minimum Gasteiger partial charge on any atom is -0.294 e. The standard InChI is InChI=1S/C11H9BrN2O/c12-10-3-1-8(2-4-10)5-11(15)9-6-13-14-7-9/h1-4,6-7H,5H2,(H,13,14). The van der Waals surface area contributed by atoms with Crippen molar-refractivity contribution in [2.75, 3.05) is 0 Å². The van der Waals surface area contributed by atoms with Crippen molar-refractivity contribution in [3.05, 3.63) is 52.3 Å². The normalized spacial score (nSPS) is 10.2. The van der Waals surface area contributed by atoms with Crippen molar-refractivity contribution in [3.63, 3.8) is 0 Å². The number of ketones is 1. The van der Waals surface area contributed by atoms with Gasteiger partial charge in [0.05, 0.1) is 11.8 Å². The van der Waals surface area contributed by atoms with E-state index in [-0.39, 0.29) is 5.78 Å². The van der Waals surface area contributed by atoms with E-state index in [1.165, 1.54) is 0 Å². The topological polar surface area (TPSA) is 45.8 Å². The third kappa shape index (κ3) is 2.53. The summed E-state index contributed by atoms with van der Waals surface area (Å²) in [4.78, 5) is 11.7. The molecular formula is C11H9BrN2O. The minimum atomic E-state index is 0.0751. The van der Waals surface area contributed by atoms with E-state index in [2.05, 4.69) is 26.1 Å². The van der Waals surface area contributed by atoms with Crippen molar-refractivity contribution in [2.24, 2.45) is 0 Å². The zero-order valence-electron chi connectivity index (χ0n) is 7.90. The van der Waals surface area contributed by atoms with Crippen LogP contribution in [0, 0.1) is 0 Å². The minimum absolute atomic E-state index is 0.0751. The molecule has 4 heteroatoms. The number of carbonyl (C=O) groups excluding carboxylic acids is 1. The van der Waals surface area contributed by atoms with Crippen molar-refractivity contribution in [1.82, 2.24) is 10.2 Å². The van der Waals surface area contributed by atoms with E-state index in [4.69, 9.17) is 0 Å². The lowest BCUT2D eigenvalue weighted by atomic mass is 10.1. The largest absolute Gasteiger partial charge is 0.294 e. The maximum atomic E-state index is 11.7. The van der Waals surface area contributed by atoms with Crippen LogP contribution in [0.25, 0.3) is 0 Å². The summed E-state index contributed by atoms with van der Waals surface area (Å²) in [6.07, 6.45) is 3.56. The maximum absolute atomic E-state index is 11.7. The van der Waals surface area contributed by atoms with Gasteiger partial charge in [0.15, 0.2) is 5.78 Å². The number of nitrogens with zero attached hydrogens (tertiary/aromatic N) is 1. The Morgan fingerprint density at radius 3 is 2.67 bits per heavy atom. The van der Waals surface area contributed by atoms with Crippen LogP contribution >= 0.6 is 15.9 Å². The van der Waals surface area contributed by atoms with Crippen molar-refractivity contribution in [3.8, 4) is 0 Å². The lowest BCUT2D eigenvalue weighted by molar-refractivity contribution is 0.0993. The predicted octanol–water partition coefficient (Wildman–Crippen LogP) is 2.60. The fourth-order valence-corrected chi connectivity index (χ4v) is 1.56.